The van der Waals surface area contributed by atoms with Crippen molar-refractivity contribution >= 4 is 19.2 Å². The SMILES string of the molecule is CCOP(=O)(CC(=O)Nc1cc(OC)c(OC)cc1C#N)OCC. The van der Waals surface area contributed by atoms with Crippen LogP contribution in [0.2, 0.25) is 0 Å². The fourth-order valence-corrected chi connectivity index (χ4v) is 3.44. The topological polar surface area (TPSA) is 107 Å². The Kier molecular flexibility index (Phi) is 7.72. The van der Waals surface area contributed by atoms with Gasteiger partial charge in [0.05, 0.1) is 38.7 Å². The van der Waals surface area contributed by atoms with Crippen LogP contribution in [0.3, 0.4) is 0 Å². The lowest BCUT2D eigenvalue weighted by Crippen LogP contribution is -2.19. The van der Waals surface area contributed by atoms with Gasteiger partial charge in [-0.05, 0) is 13.8 Å². The minimum Gasteiger partial charge on any atom is -0.493 e. The lowest BCUT2D eigenvalue weighted by Gasteiger charge is -2.17. The summed E-state index contributed by atoms with van der Waals surface area (Å²) in [6, 6.07) is 4.86. The molecule has 1 amide bonds. The summed E-state index contributed by atoms with van der Waals surface area (Å²) in [6.45, 7) is 3.63. The smallest absolute Gasteiger partial charge is 0.340 e. The number of anilines is 1. The van der Waals surface area contributed by atoms with E-state index in [2.05, 4.69) is 5.32 Å². The van der Waals surface area contributed by atoms with Crippen molar-refractivity contribution in [1.29, 1.82) is 5.26 Å². The maximum Gasteiger partial charge on any atom is 0.340 e. The van der Waals surface area contributed by atoms with E-state index in [9.17, 15) is 14.6 Å². The van der Waals surface area contributed by atoms with E-state index < -0.39 is 19.7 Å². The quantitative estimate of drug-likeness (QED) is 0.678. The zero-order valence-corrected chi connectivity index (χ0v) is 15.0. The summed E-state index contributed by atoms with van der Waals surface area (Å²) >= 11 is 0. The molecule has 1 rings (SSSR count). The summed E-state index contributed by atoms with van der Waals surface area (Å²) in [7, 11) is -0.640. The fourth-order valence-electron chi connectivity index (χ4n) is 1.96. The highest BCUT2D eigenvalue weighted by molar-refractivity contribution is 7.54. The molecular formula is C15H21N2O6P. The Morgan fingerprint density at radius 1 is 1.17 bits per heavy atom. The first kappa shape index (κ1) is 20.0. The first-order chi connectivity index (χ1) is 11.4. The molecule has 1 aromatic carbocycles. The number of nitrogens with zero attached hydrogens (tertiary/aromatic N) is 1. The van der Waals surface area contributed by atoms with E-state index in [-0.39, 0.29) is 24.5 Å². The Morgan fingerprint density at radius 2 is 1.71 bits per heavy atom. The Morgan fingerprint density at radius 3 is 2.17 bits per heavy atom. The highest BCUT2D eigenvalue weighted by Crippen LogP contribution is 2.47. The predicted molar refractivity (Wildman–Crippen MR) is 88.6 cm³/mol. The number of hydrogen-bond donors (Lipinski definition) is 1. The number of carbonyl (C=O) groups excluding carboxylic acids is 1. The molecule has 0 aliphatic heterocycles. The lowest BCUT2D eigenvalue weighted by molar-refractivity contribution is -0.114. The number of nitrogens with one attached hydrogen (secondary N) is 1. The van der Waals surface area contributed by atoms with Crippen LogP contribution in [0.1, 0.15) is 19.4 Å². The molecule has 1 aromatic rings. The molecule has 0 saturated heterocycles. The van der Waals surface area contributed by atoms with Gasteiger partial charge in [-0.1, -0.05) is 0 Å². The number of rotatable bonds is 9. The molecule has 8 nitrogen and oxygen atoms in total. The van der Waals surface area contributed by atoms with Crippen molar-refractivity contribution in [3.05, 3.63) is 17.7 Å². The van der Waals surface area contributed by atoms with Gasteiger partial charge in [-0.15, -0.1) is 0 Å². The van der Waals surface area contributed by atoms with Crippen LogP contribution in [0.15, 0.2) is 12.1 Å². The van der Waals surface area contributed by atoms with Crippen LogP contribution in [0.25, 0.3) is 0 Å². The third-order valence-corrected chi connectivity index (χ3v) is 4.88. The molecule has 9 heteroatoms. The van der Waals surface area contributed by atoms with Crippen LogP contribution in [0, 0.1) is 11.3 Å². The van der Waals surface area contributed by atoms with Gasteiger partial charge in [0.2, 0.25) is 5.91 Å². The zero-order valence-electron chi connectivity index (χ0n) is 14.1. The highest BCUT2D eigenvalue weighted by atomic mass is 31.2. The average molecular weight is 356 g/mol. The third kappa shape index (κ3) is 5.24. The Bertz CT molecular complexity index is 661. The molecule has 0 saturated carbocycles. The summed E-state index contributed by atoms with van der Waals surface area (Å²) in [4.78, 5) is 12.2. The molecule has 0 unspecified atom stereocenters. The van der Waals surface area contributed by atoms with Crippen molar-refractivity contribution in [3.8, 4) is 17.6 Å². The second-order valence-corrected chi connectivity index (χ2v) is 6.57. The summed E-state index contributed by atoms with van der Waals surface area (Å²) < 4.78 is 32.8. The van der Waals surface area contributed by atoms with E-state index in [1.807, 2.05) is 6.07 Å². The van der Waals surface area contributed by atoms with Gasteiger partial charge in [-0.2, -0.15) is 5.26 Å². The van der Waals surface area contributed by atoms with E-state index in [1.165, 1.54) is 26.4 Å². The van der Waals surface area contributed by atoms with Crippen LogP contribution < -0.4 is 14.8 Å². The van der Waals surface area contributed by atoms with E-state index in [4.69, 9.17) is 18.5 Å². The van der Waals surface area contributed by atoms with Gasteiger partial charge in [-0.25, -0.2) is 0 Å². The Balaban J connectivity index is 3.01. The van der Waals surface area contributed by atoms with E-state index in [1.54, 1.807) is 13.8 Å². The van der Waals surface area contributed by atoms with Gasteiger partial charge >= 0.3 is 7.60 Å². The van der Waals surface area contributed by atoms with E-state index in [0.717, 1.165) is 0 Å². The summed E-state index contributed by atoms with van der Waals surface area (Å²) in [5, 5.41) is 11.7. The number of benzene rings is 1. The summed E-state index contributed by atoms with van der Waals surface area (Å²) in [5.74, 6) is 0.120. The van der Waals surface area contributed by atoms with Gasteiger partial charge < -0.3 is 23.8 Å². The number of ether oxygens (including phenoxy) is 2. The van der Waals surface area contributed by atoms with Crippen LogP contribution >= 0.6 is 7.60 Å². The molecule has 0 atom stereocenters. The number of methoxy groups -OCH3 is 2. The van der Waals surface area contributed by atoms with E-state index in [0.29, 0.717) is 11.5 Å². The lowest BCUT2D eigenvalue weighted by atomic mass is 10.1. The monoisotopic (exact) mass is 356 g/mol. The minimum absolute atomic E-state index is 0.157. The van der Waals surface area contributed by atoms with Crippen molar-refractivity contribution in [2.75, 3.05) is 38.9 Å². The second-order valence-electron chi connectivity index (χ2n) is 4.52. The van der Waals surface area contributed by atoms with Gasteiger partial charge in [0, 0.05) is 12.1 Å². The molecule has 132 valence electrons. The van der Waals surface area contributed by atoms with Crippen molar-refractivity contribution in [1.82, 2.24) is 0 Å². The normalized spacial score (nSPS) is 10.8. The maximum atomic E-state index is 12.4. The fraction of sp³-hybridized carbons (Fsp3) is 0.467. The van der Waals surface area contributed by atoms with Gasteiger partial charge in [-0.3, -0.25) is 9.36 Å². The first-order valence-electron chi connectivity index (χ1n) is 7.27. The summed E-state index contributed by atoms with van der Waals surface area (Å²) in [5.41, 5.74) is 0.406. The summed E-state index contributed by atoms with van der Waals surface area (Å²) in [6.07, 6.45) is -0.451. The highest BCUT2D eigenvalue weighted by Gasteiger charge is 2.28. The van der Waals surface area contributed by atoms with Gasteiger partial charge in [0.25, 0.3) is 0 Å². The molecule has 0 aliphatic rings. The largest absolute Gasteiger partial charge is 0.493 e. The average Bonchev–Trinajstić information content (AvgIpc) is 2.54. The predicted octanol–water partition coefficient (Wildman–Crippen LogP) is 2.78. The number of hydrogen-bond acceptors (Lipinski definition) is 7. The van der Waals surface area contributed by atoms with Crippen molar-refractivity contribution in [3.63, 3.8) is 0 Å². The molecule has 1 N–H and O–H groups in total. The molecule has 0 fully saturated rings. The molecule has 0 heterocycles. The third-order valence-electron chi connectivity index (χ3n) is 2.91. The maximum absolute atomic E-state index is 12.4. The number of nitriles is 1. The number of amides is 1. The Hall–Kier alpha value is -2.07. The van der Waals surface area contributed by atoms with Crippen molar-refractivity contribution < 1.29 is 27.9 Å². The van der Waals surface area contributed by atoms with Crippen LogP contribution in [0.5, 0.6) is 11.5 Å². The molecule has 0 bridgehead atoms. The van der Waals surface area contributed by atoms with Crippen LogP contribution in [-0.2, 0) is 18.4 Å². The molecule has 0 aliphatic carbocycles. The molecule has 24 heavy (non-hydrogen) atoms. The van der Waals surface area contributed by atoms with E-state index >= 15 is 0 Å². The standard InChI is InChI=1S/C15H21N2O6P/c1-5-22-24(19,23-6-2)10-15(18)17-12-8-14(21-4)13(20-3)7-11(12)9-16/h7-8H,5-6,10H2,1-4H3,(H,17,18). The number of carbonyl (C=O) groups is 1. The zero-order chi connectivity index (χ0) is 18.2. The molecule has 0 spiro atoms. The van der Waals surface area contributed by atoms with Crippen LogP contribution in [0.4, 0.5) is 5.69 Å². The van der Waals surface area contributed by atoms with Gasteiger partial charge in [0.1, 0.15) is 12.2 Å². The Labute approximate surface area is 141 Å². The first-order valence-corrected chi connectivity index (χ1v) is 8.99. The minimum atomic E-state index is -3.52. The van der Waals surface area contributed by atoms with Crippen LogP contribution in [-0.4, -0.2) is 39.5 Å². The van der Waals surface area contributed by atoms with Crippen molar-refractivity contribution in [2.45, 2.75) is 13.8 Å². The molecule has 0 radical (unpaired) electrons. The van der Waals surface area contributed by atoms with Crippen molar-refractivity contribution in [2.24, 2.45) is 0 Å². The second kappa shape index (κ2) is 9.28. The molecular weight excluding hydrogens is 335 g/mol. The molecule has 0 aromatic heterocycles. The van der Waals surface area contributed by atoms with Gasteiger partial charge in [0.15, 0.2) is 11.5 Å².